The van der Waals surface area contributed by atoms with Gasteiger partial charge < -0.3 is 16.4 Å². The fraction of sp³-hybridized carbons (Fsp3) is 0.258. The Hall–Kier alpha value is -4.28. The van der Waals surface area contributed by atoms with Gasteiger partial charge in [-0.25, -0.2) is 15.0 Å². The lowest BCUT2D eigenvalue weighted by molar-refractivity contribution is 0.475. The minimum absolute atomic E-state index is 0.0712. The topological polar surface area (TPSA) is 119 Å². The summed E-state index contributed by atoms with van der Waals surface area (Å²) in [5.74, 6) is 0.663. The second-order valence-electron chi connectivity index (χ2n) is 10.2. The lowest BCUT2D eigenvalue weighted by atomic mass is 9.90. The number of nitrogens with one attached hydrogen (secondary N) is 2. The van der Waals surface area contributed by atoms with Crippen LogP contribution in [0.1, 0.15) is 36.6 Å². The number of pyridine rings is 1. The first-order valence-corrected chi connectivity index (χ1v) is 15.0. The van der Waals surface area contributed by atoms with E-state index in [0.29, 0.717) is 18.3 Å². The molecule has 0 aliphatic carbocycles. The standard InChI is InChI=1S/C31H33N9S/c1-3-34-27-18-33-19-37-26(27)15-22(14-23-10-7-13-35-23)28-29(41-2)30(32)40-31(39-28)24(17-38-40)21-11-12-25(36-16-21)20-8-5-4-6-9-20/h3-6,8-9,11-12,16-19,22-23,34-35H,1,7,10,13-15,32H2,2H3. The Morgan fingerprint density at radius 2 is 2.02 bits per heavy atom. The van der Waals surface area contributed by atoms with Crippen molar-refractivity contribution in [2.75, 3.05) is 23.9 Å². The maximum atomic E-state index is 6.80. The number of thioether (sulfide) groups is 1. The summed E-state index contributed by atoms with van der Waals surface area (Å²) >= 11 is 1.61. The maximum Gasteiger partial charge on any atom is 0.165 e. The molecule has 2 unspecified atom stereocenters. The first-order chi connectivity index (χ1) is 20.2. The molecule has 10 heteroatoms. The number of benzene rings is 1. The zero-order valence-corrected chi connectivity index (χ0v) is 23.8. The molecule has 4 aromatic heterocycles. The molecule has 5 aromatic rings. The second-order valence-corrected chi connectivity index (χ2v) is 11.0. The molecule has 208 valence electrons. The van der Waals surface area contributed by atoms with Crippen molar-refractivity contribution in [2.45, 2.75) is 42.5 Å². The van der Waals surface area contributed by atoms with Crippen LogP contribution in [-0.4, -0.2) is 48.4 Å². The molecule has 0 spiro atoms. The van der Waals surface area contributed by atoms with E-state index in [1.54, 1.807) is 35.0 Å². The largest absolute Gasteiger partial charge is 0.383 e. The van der Waals surface area contributed by atoms with E-state index >= 15 is 0 Å². The maximum absolute atomic E-state index is 6.80. The average Bonchev–Trinajstić information content (AvgIpc) is 3.69. The Balaban J connectivity index is 1.43. The summed E-state index contributed by atoms with van der Waals surface area (Å²) in [6, 6.07) is 14.7. The van der Waals surface area contributed by atoms with Gasteiger partial charge in [-0.1, -0.05) is 43.0 Å². The number of rotatable bonds is 10. The van der Waals surface area contributed by atoms with Crippen LogP contribution in [-0.2, 0) is 6.42 Å². The summed E-state index contributed by atoms with van der Waals surface area (Å²) in [7, 11) is 0. The van der Waals surface area contributed by atoms with E-state index in [1.807, 2.05) is 42.9 Å². The van der Waals surface area contributed by atoms with E-state index in [0.717, 1.165) is 69.4 Å². The van der Waals surface area contributed by atoms with Gasteiger partial charge in [0.25, 0.3) is 0 Å². The Morgan fingerprint density at radius 3 is 2.76 bits per heavy atom. The Kier molecular flexibility index (Phi) is 7.93. The first kappa shape index (κ1) is 26.9. The summed E-state index contributed by atoms with van der Waals surface area (Å²) in [6.07, 6.45) is 14.7. The van der Waals surface area contributed by atoms with Crippen LogP contribution in [0, 0.1) is 0 Å². The van der Waals surface area contributed by atoms with Crippen molar-refractivity contribution in [3.05, 3.63) is 91.5 Å². The Morgan fingerprint density at radius 1 is 1.15 bits per heavy atom. The Labute approximate surface area is 243 Å². The minimum Gasteiger partial charge on any atom is -0.383 e. The van der Waals surface area contributed by atoms with Crippen molar-refractivity contribution >= 4 is 28.9 Å². The highest BCUT2D eigenvalue weighted by atomic mass is 32.2. The number of nitrogens with zero attached hydrogens (tertiary/aromatic N) is 6. The predicted molar refractivity (Wildman–Crippen MR) is 166 cm³/mol. The van der Waals surface area contributed by atoms with E-state index in [9.17, 15) is 0 Å². The molecular weight excluding hydrogens is 530 g/mol. The predicted octanol–water partition coefficient (Wildman–Crippen LogP) is 5.58. The van der Waals surface area contributed by atoms with Crippen LogP contribution in [0.3, 0.4) is 0 Å². The van der Waals surface area contributed by atoms with Gasteiger partial charge in [0, 0.05) is 41.3 Å². The fourth-order valence-electron chi connectivity index (χ4n) is 5.61. The third-order valence-corrected chi connectivity index (χ3v) is 8.45. The molecule has 0 amide bonds. The number of hydrogen-bond donors (Lipinski definition) is 3. The highest BCUT2D eigenvalue weighted by molar-refractivity contribution is 7.98. The number of aromatic nitrogens is 6. The average molecular weight is 564 g/mol. The van der Waals surface area contributed by atoms with E-state index < -0.39 is 0 Å². The van der Waals surface area contributed by atoms with Crippen molar-refractivity contribution in [2.24, 2.45) is 0 Å². The van der Waals surface area contributed by atoms with Crippen molar-refractivity contribution in [1.29, 1.82) is 0 Å². The fourth-order valence-corrected chi connectivity index (χ4v) is 6.33. The minimum atomic E-state index is 0.0712. The monoisotopic (exact) mass is 563 g/mol. The molecule has 2 atom stereocenters. The zero-order valence-electron chi connectivity index (χ0n) is 23.0. The van der Waals surface area contributed by atoms with Gasteiger partial charge >= 0.3 is 0 Å². The lowest BCUT2D eigenvalue weighted by Gasteiger charge is -2.24. The molecule has 4 N–H and O–H groups in total. The molecule has 1 aliphatic rings. The van der Waals surface area contributed by atoms with Crippen LogP contribution in [0.4, 0.5) is 11.5 Å². The van der Waals surface area contributed by atoms with Gasteiger partial charge in [-0.05, 0) is 44.3 Å². The van der Waals surface area contributed by atoms with Gasteiger partial charge in [0.2, 0.25) is 0 Å². The summed E-state index contributed by atoms with van der Waals surface area (Å²) in [6.45, 7) is 4.86. The van der Waals surface area contributed by atoms with Crippen molar-refractivity contribution < 1.29 is 0 Å². The summed E-state index contributed by atoms with van der Waals surface area (Å²) in [5, 5.41) is 11.5. The van der Waals surface area contributed by atoms with E-state index in [2.05, 4.69) is 50.5 Å². The highest BCUT2D eigenvalue weighted by Gasteiger charge is 2.28. The van der Waals surface area contributed by atoms with Crippen molar-refractivity contribution in [3.63, 3.8) is 0 Å². The van der Waals surface area contributed by atoms with Crippen LogP contribution in [0.15, 0.2) is 85.1 Å². The molecule has 1 aromatic carbocycles. The number of fused-ring (bicyclic) bond motifs is 1. The smallest absolute Gasteiger partial charge is 0.165 e. The quantitative estimate of drug-likeness (QED) is 0.187. The molecule has 0 saturated carbocycles. The van der Waals surface area contributed by atoms with Gasteiger partial charge in [-0.3, -0.25) is 4.98 Å². The van der Waals surface area contributed by atoms with E-state index in [-0.39, 0.29) is 5.92 Å². The molecule has 1 aliphatic heterocycles. The van der Waals surface area contributed by atoms with Gasteiger partial charge in [0.1, 0.15) is 12.1 Å². The van der Waals surface area contributed by atoms with E-state index in [1.165, 1.54) is 6.42 Å². The molecule has 0 radical (unpaired) electrons. The highest BCUT2D eigenvalue weighted by Crippen LogP contribution is 2.38. The second kappa shape index (κ2) is 12.1. The number of anilines is 2. The number of nitrogens with two attached hydrogens (primary N) is 1. The summed E-state index contributed by atoms with van der Waals surface area (Å²) in [5.41, 5.74) is 14.1. The van der Waals surface area contributed by atoms with E-state index in [4.69, 9.17) is 15.7 Å². The summed E-state index contributed by atoms with van der Waals surface area (Å²) < 4.78 is 1.75. The molecule has 41 heavy (non-hydrogen) atoms. The normalized spacial score (nSPS) is 15.7. The van der Waals surface area contributed by atoms with Crippen molar-refractivity contribution in [3.8, 4) is 22.4 Å². The van der Waals surface area contributed by atoms with Crippen molar-refractivity contribution in [1.82, 2.24) is 34.9 Å². The van der Waals surface area contributed by atoms with Crippen LogP contribution in [0.2, 0.25) is 0 Å². The van der Waals surface area contributed by atoms with Gasteiger partial charge in [-0.2, -0.15) is 9.61 Å². The lowest BCUT2D eigenvalue weighted by Crippen LogP contribution is -2.26. The van der Waals surface area contributed by atoms with Crippen LogP contribution in [0.25, 0.3) is 28.0 Å². The van der Waals surface area contributed by atoms with Crippen LogP contribution < -0.4 is 16.4 Å². The van der Waals surface area contributed by atoms with Gasteiger partial charge in [0.15, 0.2) is 5.65 Å². The summed E-state index contributed by atoms with van der Waals surface area (Å²) in [4.78, 5) is 19.8. The zero-order chi connectivity index (χ0) is 28.2. The SMILES string of the molecule is C=CNc1cncnc1CC(CC1CCCN1)c1nc2c(-c3ccc(-c4ccccc4)nc3)cnn2c(N)c1SC. The number of nitrogen functional groups attached to an aromatic ring is 1. The third-order valence-electron chi connectivity index (χ3n) is 7.62. The third kappa shape index (κ3) is 5.53. The number of hydrogen-bond acceptors (Lipinski definition) is 9. The van der Waals surface area contributed by atoms with Gasteiger partial charge in [-0.15, -0.1) is 11.8 Å². The molecule has 6 rings (SSSR count). The van der Waals surface area contributed by atoms with Gasteiger partial charge in [0.05, 0.1) is 40.1 Å². The molecule has 9 nitrogen and oxygen atoms in total. The van der Waals surface area contributed by atoms with Crippen LogP contribution in [0.5, 0.6) is 0 Å². The van der Waals surface area contributed by atoms with Crippen LogP contribution >= 0.6 is 11.8 Å². The molecule has 1 saturated heterocycles. The molecule has 5 heterocycles. The molecule has 1 fully saturated rings. The molecule has 0 bridgehead atoms. The Bertz CT molecular complexity index is 1640. The molecular formula is C31H33N9S. The first-order valence-electron chi connectivity index (χ1n) is 13.8.